The maximum atomic E-state index is 11.1. The van der Waals surface area contributed by atoms with Crippen LogP contribution >= 0.6 is 23.5 Å². The van der Waals surface area contributed by atoms with Crippen LogP contribution in [-0.4, -0.2) is 29.3 Å². The van der Waals surface area contributed by atoms with Crippen molar-refractivity contribution in [2.45, 2.75) is 19.3 Å². The summed E-state index contributed by atoms with van der Waals surface area (Å²) in [6.45, 7) is 0. The topological polar surface area (TPSA) is 41.1 Å². The molecular weight excluding hydrogens is 204 g/mol. The highest BCUT2D eigenvalue weighted by Crippen LogP contribution is 2.09. The molecule has 2 amide bonds. The molecule has 3 nitrogen and oxygen atoms in total. The minimum absolute atomic E-state index is 0.0411. The van der Waals surface area contributed by atoms with Crippen molar-refractivity contribution in [1.82, 2.24) is 10.6 Å². The average Bonchev–Trinajstić information content (AvgIpc) is 2.11. The summed E-state index contributed by atoms with van der Waals surface area (Å²) in [5.41, 5.74) is 0. The minimum atomic E-state index is -0.0411. The van der Waals surface area contributed by atoms with E-state index in [2.05, 4.69) is 10.6 Å². The lowest BCUT2D eigenvalue weighted by Crippen LogP contribution is -2.35. The molecule has 0 radical (unpaired) electrons. The van der Waals surface area contributed by atoms with Gasteiger partial charge in [0, 0.05) is 0 Å². The molecule has 2 N–H and O–H groups in total. The van der Waals surface area contributed by atoms with Crippen LogP contribution in [0.4, 0.5) is 4.79 Å². The lowest BCUT2D eigenvalue weighted by Gasteiger charge is -2.09. The van der Waals surface area contributed by atoms with Gasteiger partial charge >= 0.3 is 6.03 Å². The smallest absolute Gasteiger partial charge is 0.316 e. The van der Waals surface area contributed by atoms with E-state index in [0.717, 1.165) is 23.3 Å². The van der Waals surface area contributed by atoms with Crippen LogP contribution in [0.2, 0.25) is 0 Å². The quantitative estimate of drug-likeness (QED) is 0.654. The number of hydrogen-bond donors (Lipinski definition) is 2. The van der Waals surface area contributed by atoms with Crippen molar-refractivity contribution in [1.29, 1.82) is 0 Å². The molecular formula is C8H16N2OS2. The molecule has 0 atom stereocenters. The summed E-state index contributed by atoms with van der Waals surface area (Å²) >= 11 is 3.59. The highest BCUT2D eigenvalue weighted by molar-refractivity contribution is 7.99. The third-order valence-corrected chi connectivity index (χ3v) is 3.60. The Morgan fingerprint density at radius 1 is 0.923 bits per heavy atom. The second-order valence-electron chi connectivity index (χ2n) is 2.85. The molecule has 0 aromatic carbocycles. The average molecular weight is 220 g/mol. The standard InChI is InChI=1S/C8H16N2OS2/c11-8-9-6-12-4-2-1-3-5-13-7-10-8/h1-7H2,(H2,9,10,11). The Morgan fingerprint density at radius 3 is 2.00 bits per heavy atom. The number of carbonyl (C=O) groups excluding carboxylic acids is 1. The monoisotopic (exact) mass is 220 g/mol. The molecule has 0 unspecified atom stereocenters. The van der Waals surface area contributed by atoms with Crippen LogP contribution in [0.5, 0.6) is 0 Å². The van der Waals surface area contributed by atoms with Gasteiger partial charge in [-0.25, -0.2) is 4.79 Å². The molecule has 5 heteroatoms. The first-order valence-electron chi connectivity index (χ1n) is 4.57. The van der Waals surface area contributed by atoms with Gasteiger partial charge in [0.05, 0.1) is 11.8 Å². The van der Waals surface area contributed by atoms with Crippen molar-refractivity contribution in [2.75, 3.05) is 23.3 Å². The third kappa shape index (κ3) is 6.10. The Morgan fingerprint density at radius 2 is 1.46 bits per heavy atom. The zero-order valence-electron chi connectivity index (χ0n) is 7.67. The van der Waals surface area contributed by atoms with Crippen LogP contribution < -0.4 is 10.6 Å². The maximum Gasteiger partial charge on any atom is 0.316 e. The van der Waals surface area contributed by atoms with Gasteiger partial charge in [-0.2, -0.15) is 0 Å². The fourth-order valence-corrected chi connectivity index (χ4v) is 2.60. The number of hydrogen-bond acceptors (Lipinski definition) is 3. The SMILES string of the molecule is O=C1NCSCCCCCSCN1. The molecule has 0 saturated carbocycles. The lowest BCUT2D eigenvalue weighted by atomic mass is 10.3. The molecule has 0 spiro atoms. The number of amides is 2. The summed E-state index contributed by atoms with van der Waals surface area (Å²) < 4.78 is 0. The largest absolute Gasteiger partial charge is 0.329 e. The van der Waals surface area contributed by atoms with Crippen LogP contribution in [0.3, 0.4) is 0 Å². The predicted molar refractivity (Wildman–Crippen MR) is 60.2 cm³/mol. The van der Waals surface area contributed by atoms with E-state index in [0.29, 0.717) is 0 Å². The van der Waals surface area contributed by atoms with E-state index in [4.69, 9.17) is 0 Å². The van der Waals surface area contributed by atoms with E-state index >= 15 is 0 Å². The molecule has 0 aromatic rings. The van der Waals surface area contributed by atoms with Gasteiger partial charge in [-0.05, 0) is 24.3 Å². The highest BCUT2D eigenvalue weighted by atomic mass is 32.2. The van der Waals surface area contributed by atoms with Gasteiger partial charge < -0.3 is 10.6 Å². The molecule has 13 heavy (non-hydrogen) atoms. The molecule has 1 aliphatic rings. The van der Waals surface area contributed by atoms with Crippen molar-refractivity contribution >= 4 is 29.6 Å². The Bertz CT molecular complexity index is 141. The predicted octanol–water partition coefficient (Wildman–Crippen LogP) is 1.85. The molecule has 1 rings (SSSR count). The Balaban J connectivity index is 2.14. The molecule has 76 valence electrons. The normalized spacial score (nSPS) is 22.0. The molecule has 1 saturated heterocycles. The number of nitrogens with one attached hydrogen (secondary N) is 2. The van der Waals surface area contributed by atoms with Gasteiger partial charge in [-0.3, -0.25) is 0 Å². The van der Waals surface area contributed by atoms with E-state index in [9.17, 15) is 4.79 Å². The molecule has 0 aromatic heterocycles. The Kier molecular flexibility index (Phi) is 6.27. The zero-order valence-corrected chi connectivity index (χ0v) is 9.31. The van der Waals surface area contributed by atoms with Crippen molar-refractivity contribution < 1.29 is 4.79 Å². The lowest BCUT2D eigenvalue weighted by molar-refractivity contribution is 0.244. The van der Waals surface area contributed by atoms with Crippen LogP contribution in [0.15, 0.2) is 0 Å². The van der Waals surface area contributed by atoms with E-state index in [-0.39, 0.29) is 6.03 Å². The van der Waals surface area contributed by atoms with E-state index in [1.54, 1.807) is 23.5 Å². The van der Waals surface area contributed by atoms with Crippen LogP contribution in [0, 0.1) is 0 Å². The highest BCUT2D eigenvalue weighted by Gasteiger charge is 2.00. The van der Waals surface area contributed by atoms with E-state index in [1.807, 2.05) is 0 Å². The first-order chi connectivity index (χ1) is 6.39. The first kappa shape index (κ1) is 11.0. The summed E-state index contributed by atoms with van der Waals surface area (Å²) in [5.74, 6) is 3.78. The maximum absolute atomic E-state index is 11.1. The molecule has 0 bridgehead atoms. The van der Waals surface area contributed by atoms with Gasteiger partial charge in [0.25, 0.3) is 0 Å². The van der Waals surface area contributed by atoms with Crippen molar-refractivity contribution in [3.8, 4) is 0 Å². The number of rotatable bonds is 0. The van der Waals surface area contributed by atoms with Crippen molar-refractivity contribution in [2.24, 2.45) is 0 Å². The minimum Gasteiger partial charge on any atom is -0.329 e. The van der Waals surface area contributed by atoms with Crippen molar-refractivity contribution in [3.05, 3.63) is 0 Å². The number of carbonyl (C=O) groups is 1. The summed E-state index contributed by atoms with van der Waals surface area (Å²) in [6, 6.07) is -0.0411. The molecule has 0 aliphatic carbocycles. The van der Waals surface area contributed by atoms with E-state index in [1.165, 1.54) is 19.3 Å². The Hall–Kier alpha value is -0.0300. The van der Waals surface area contributed by atoms with Gasteiger partial charge in [0.2, 0.25) is 0 Å². The van der Waals surface area contributed by atoms with Crippen molar-refractivity contribution in [3.63, 3.8) is 0 Å². The summed E-state index contributed by atoms with van der Waals surface area (Å²) in [7, 11) is 0. The fraction of sp³-hybridized carbons (Fsp3) is 0.875. The summed E-state index contributed by atoms with van der Waals surface area (Å²) in [6.07, 6.45) is 3.86. The summed E-state index contributed by atoms with van der Waals surface area (Å²) in [5, 5.41) is 5.60. The Labute approximate surface area is 87.8 Å². The molecule has 1 heterocycles. The van der Waals surface area contributed by atoms with Crippen LogP contribution in [0.1, 0.15) is 19.3 Å². The zero-order chi connectivity index (χ0) is 9.36. The second-order valence-corrected chi connectivity index (χ2v) is 5.06. The number of urea groups is 1. The van der Waals surface area contributed by atoms with Crippen LogP contribution in [-0.2, 0) is 0 Å². The molecule has 1 fully saturated rings. The van der Waals surface area contributed by atoms with Gasteiger partial charge in [0.1, 0.15) is 0 Å². The second kappa shape index (κ2) is 7.38. The molecule has 1 aliphatic heterocycles. The van der Waals surface area contributed by atoms with Gasteiger partial charge in [-0.1, -0.05) is 6.42 Å². The van der Waals surface area contributed by atoms with Gasteiger partial charge in [0.15, 0.2) is 0 Å². The summed E-state index contributed by atoms with van der Waals surface area (Å²) in [4.78, 5) is 11.1. The van der Waals surface area contributed by atoms with E-state index < -0.39 is 0 Å². The fourth-order valence-electron chi connectivity index (χ4n) is 1.03. The third-order valence-electron chi connectivity index (χ3n) is 1.75. The van der Waals surface area contributed by atoms with Gasteiger partial charge in [-0.15, -0.1) is 23.5 Å². The van der Waals surface area contributed by atoms with Crippen LogP contribution in [0.25, 0.3) is 0 Å². The number of thioether (sulfide) groups is 2. The first-order valence-corrected chi connectivity index (χ1v) is 6.88.